The van der Waals surface area contributed by atoms with E-state index in [9.17, 15) is 8.42 Å². The Labute approximate surface area is 134 Å². The molecule has 1 saturated carbocycles. The molecule has 118 valence electrons. The van der Waals surface area contributed by atoms with Crippen molar-refractivity contribution in [3.63, 3.8) is 0 Å². The molecule has 0 aromatic heterocycles. The lowest BCUT2D eigenvalue weighted by Crippen LogP contribution is -2.30. The van der Waals surface area contributed by atoms with Gasteiger partial charge in [0.25, 0.3) is 0 Å². The van der Waals surface area contributed by atoms with Crippen LogP contribution >= 0.6 is 15.9 Å². The van der Waals surface area contributed by atoms with E-state index in [1.165, 1.54) is 17.1 Å². The molecule has 0 bridgehead atoms. The summed E-state index contributed by atoms with van der Waals surface area (Å²) in [5.74, 6) is 0. The maximum Gasteiger partial charge on any atom is 0.244 e. The molecule has 1 aliphatic carbocycles. The second-order valence-corrected chi connectivity index (χ2v) is 8.11. The highest BCUT2D eigenvalue weighted by molar-refractivity contribution is 9.10. The van der Waals surface area contributed by atoms with Gasteiger partial charge < -0.3 is 10.1 Å². The number of likely N-dealkylation sites (N-methyl/N-ethyl adjacent to an activating group) is 1. The van der Waals surface area contributed by atoms with E-state index in [4.69, 9.17) is 4.74 Å². The molecule has 2 rings (SSSR count). The minimum Gasteiger partial charge on any atom is -0.383 e. The number of rotatable bonds is 8. The monoisotopic (exact) mass is 376 g/mol. The van der Waals surface area contributed by atoms with Gasteiger partial charge in [-0.2, -0.15) is 4.31 Å². The SMILES string of the molecule is COCCN(C)S(=O)(=O)c1cc(CNC2CC2)ccc1Br. The van der Waals surface area contributed by atoms with Gasteiger partial charge in [0.05, 0.1) is 11.5 Å². The third-order valence-corrected chi connectivity index (χ3v) is 6.32. The molecule has 0 aliphatic heterocycles. The molecule has 0 atom stereocenters. The second kappa shape index (κ2) is 7.19. The smallest absolute Gasteiger partial charge is 0.244 e. The van der Waals surface area contributed by atoms with Gasteiger partial charge in [0.15, 0.2) is 0 Å². The molecule has 1 aromatic carbocycles. The number of nitrogens with one attached hydrogen (secondary N) is 1. The van der Waals surface area contributed by atoms with Crippen molar-refractivity contribution >= 4 is 26.0 Å². The number of sulfonamides is 1. The maximum atomic E-state index is 12.6. The van der Waals surface area contributed by atoms with Crippen LogP contribution in [-0.2, 0) is 21.3 Å². The number of ether oxygens (including phenoxy) is 1. The van der Waals surface area contributed by atoms with Crippen LogP contribution in [0.25, 0.3) is 0 Å². The van der Waals surface area contributed by atoms with E-state index in [-0.39, 0.29) is 0 Å². The number of halogens is 1. The highest BCUT2D eigenvalue weighted by Gasteiger charge is 2.24. The first-order chi connectivity index (χ1) is 9.95. The van der Waals surface area contributed by atoms with Crippen molar-refractivity contribution in [3.8, 4) is 0 Å². The zero-order chi connectivity index (χ0) is 15.5. The summed E-state index contributed by atoms with van der Waals surface area (Å²) in [6.45, 7) is 1.40. The molecule has 0 saturated heterocycles. The lowest BCUT2D eigenvalue weighted by molar-refractivity contribution is 0.185. The molecule has 0 heterocycles. The van der Waals surface area contributed by atoms with Gasteiger partial charge >= 0.3 is 0 Å². The Kier molecular flexibility index (Phi) is 5.79. The normalized spacial score (nSPS) is 15.6. The third kappa shape index (κ3) is 4.50. The Balaban J connectivity index is 2.17. The van der Waals surface area contributed by atoms with Crippen molar-refractivity contribution in [2.75, 3.05) is 27.3 Å². The highest BCUT2D eigenvalue weighted by Crippen LogP contribution is 2.26. The van der Waals surface area contributed by atoms with Gasteiger partial charge in [-0.15, -0.1) is 0 Å². The molecule has 1 fully saturated rings. The van der Waals surface area contributed by atoms with Crippen molar-refractivity contribution in [2.45, 2.75) is 30.3 Å². The lowest BCUT2D eigenvalue weighted by Gasteiger charge is -2.18. The molecule has 1 N–H and O–H groups in total. The molecule has 0 amide bonds. The Morgan fingerprint density at radius 2 is 2.14 bits per heavy atom. The zero-order valence-corrected chi connectivity index (χ0v) is 14.7. The second-order valence-electron chi connectivity index (χ2n) is 5.24. The molecule has 0 unspecified atom stereocenters. The fourth-order valence-electron chi connectivity index (χ4n) is 1.91. The van der Waals surface area contributed by atoms with Crippen LogP contribution in [0.4, 0.5) is 0 Å². The van der Waals surface area contributed by atoms with Crippen LogP contribution in [0.5, 0.6) is 0 Å². The van der Waals surface area contributed by atoms with Crippen LogP contribution in [0.3, 0.4) is 0 Å². The predicted molar refractivity (Wildman–Crippen MR) is 85.7 cm³/mol. The van der Waals surface area contributed by atoms with Gasteiger partial charge in [-0.25, -0.2) is 8.42 Å². The fourth-order valence-corrected chi connectivity index (χ4v) is 4.04. The van der Waals surface area contributed by atoms with Crippen LogP contribution in [0.15, 0.2) is 27.6 Å². The summed E-state index contributed by atoms with van der Waals surface area (Å²) in [6.07, 6.45) is 2.42. The van der Waals surface area contributed by atoms with Crippen LogP contribution in [0, 0.1) is 0 Å². The van der Waals surface area contributed by atoms with E-state index < -0.39 is 10.0 Å². The summed E-state index contributed by atoms with van der Waals surface area (Å²) in [7, 11) is -0.387. The highest BCUT2D eigenvalue weighted by atomic mass is 79.9. The maximum absolute atomic E-state index is 12.6. The van der Waals surface area contributed by atoms with E-state index in [1.807, 2.05) is 6.07 Å². The minimum atomic E-state index is -3.51. The first-order valence-corrected chi connectivity index (χ1v) is 9.15. The molecule has 5 nitrogen and oxygen atoms in total. The zero-order valence-electron chi connectivity index (χ0n) is 12.3. The van der Waals surface area contributed by atoms with E-state index >= 15 is 0 Å². The Bertz CT molecular complexity index is 588. The summed E-state index contributed by atoms with van der Waals surface area (Å²) in [5.41, 5.74) is 0.976. The van der Waals surface area contributed by atoms with E-state index in [0.29, 0.717) is 35.1 Å². The topological polar surface area (TPSA) is 58.6 Å². The average Bonchev–Trinajstić information content (AvgIpc) is 3.27. The molecule has 21 heavy (non-hydrogen) atoms. The quantitative estimate of drug-likeness (QED) is 0.753. The predicted octanol–water partition coefficient (Wildman–Crippen LogP) is 1.97. The van der Waals surface area contributed by atoms with Crippen LogP contribution < -0.4 is 5.32 Å². The largest absolute Gasteiger partial charge is 0.383 e. The molecule has 0 radical (unpaired) electrons. The number of nitrogens with zero attached hydrogens (tertiary/aromatic N) is 1. The average molecular weight is 377 g/mol. The molecule has 1 aromatic rings. The third-order valence-electron chi connectivity index (χ3n) is 3.47. The van der Waals surface area contributed by atoms with Gasteiger partial charge in [0.2, 0.25) is 10.0 Å². The Morgan fingerprint density at radius 3 is 2.76 bits per heavy atom. The van der Waals surface area contributed by atoms with E-state index in [2.05, 4.69) is 21.2 Å². The summed E-state index contributed by atoms with van der Waals surface area (Å²) >= 11 is 3.34. The van der Waals surface area contributed by atoms with E-state index in [0.717, 1.165) is 5.56 Å². The standard InChI is InChI=1S/C14H21BrN2O3S/c1-17(7-8-20-2)21(18,19)14-9-11(3-6-13(14)15)10-16-12-4-5-12/h3,6,9,12,16H,4-5,7-8,10H2,1-2H3. The van der Waals surface area contributed by atoms with Gasteiger partial charge in [0.1, 0.15) is 0 Å². The Morgan fingerprint density at radius 1 is 1.43 bits per heavy atom. The van der Waals surface area contributed by atoms with Gasteiger partial charge in [-0.3, -0.25) is 0 Å². The summed E-state index contributed by atoms with van der Waals surface area (Å²) in [4.78, 5) is 0.302. The summed E-state index contributed by atoms with van der Waals surface area (Å²) < 4.78 is 32.0. The lowest BCUT2D eigenvalue weighted by atomic mass is 10.2. The summed E-state index contributed by atoms with van der Waals surface area (Å²) in [5, 5.41) is 3.39. The number of methoxy groups -OCH3 is 1. The summed E-state index contributed by atoms with van der Waals surface area (Å²) in [6, 6.07) is 6.06. The minimum absolute atomic E-state index is 0.302. The fraction of sp³-hybridized carbons (Fsp3) is 0.571. The first-order valence-electron chi connectivity index (χ1n) is 6.92. The van der Waals surface area contributed by atoms with Crippen LogP contribution in [0.1, 0.15) is 18.4 Å². The van der Waals surface area contributed by atoms with Crippen molar-refractivity contribution in [2.24, 2.45) is 0 Å². The molecular weight excluding hydrogens is 356 g/mol. The number of hydrogen-bond donors (Lipinski definition) is 1. The first kappa shape index (κ1) is 16.9. The van der Waals surface area contributed by atoms with Gasteiger partial charge in [-0.05, 0) is 46.5 Å². The van der Waals surface area contributed by atoms with Crippen molar-refractivity contribution in [1.29, 1.82) is 0 Å². The molecular formula is C14H21BrN2O3S. The van der Waals surface area contributed by atoms with Crippen molar-refractivity contribution in [3.05, 3.63) is 28.2 Å². The van der Waals surface area contributed by atoms with Crippen molar-refractivity contribution in [1.82, 2.24) is 9.62 Å². The van der Waals surface area contributed by atoms with Crippen LogP contribution in [0.2, 0.25) is 0 Å². The molecule has 7 heteroatoms. The molecule has 1 aliphatic rings. The number of benzene rings is 1. The van der Waals surface area contributed by atoms with Crippen molar-refractivity contribution < 1.29 is 13.2 Å². The van der Waals surface area contributed by atoms with Gasteiger partial charge in [0, 0.05) is 37.8 Å². The number of hydrogen-bond acceptors (Lipinski definition) is 4. The van der Waals surface area contributed by atoms with Gasteiger partial charge in [-0.1, -0.05) is 6.07 Å². The Hall–Kier alpha value is -0.470. The molecule has 0 spiro atoms. The van der Waals surface area contributed by atoms with Crippen LogP contribution in [-0.4, -0.2) is 46.1 Å². The van der Waals surface area contributed by atoms with E-state index in [1.54, 1.807) is 26.3 Å².